The third-order valence-corrected chi connectivity index (χ3v) is 15.2. The Hall–Kier alpha value is -2.96. The molecule has 4 unspecified atom stereocenters. The molecule has 0 aromatic heterocycles. The quantitative estimate of drug-likeness (QED) is 0.261. The SMILES string of the molecule is CC(C)C1=C2C3CCC4[C@@](C)(CCC5C(C)(C)[C@@H](OC(=O)CC(C)(C)C(=O)O)CC[C@@]54C)C3CC[C@@]2(C(=O)Nc2ccccc2C(C)C)CC1=O. The third kappa shape index (κ3) is 5.91. The first-order valence-electron chi connectivity index (χ1n) is 19.8. The van der Waals surface area contributed by atoms with Crippen molar-refractivity contribution in [2.45, 2.75) is 145 Å². The van der Waals surface area contributed by atoms with Gasteiger partial charge in [-0.25, -0.2) is 0 Å². The highest BCUT2D eigenvalue weighted by molar-refractivity contribution is 6.10. The van der Waals surface area contributed by atoms with Gasteiger partial charge >= 0.3 is 11.9 Å². The minimum atomic E-state index is -1.17. The van der Waals surface area contributed by atoms with Crippen molar-refractivity contribution < 1.29 is 29.0 Å². The highest BCUT2D eigenvalue weighted by Crippen LogP contribution is 2.73. The second-order valence-electron chi connectivity index (χ2n) is 19.5. The summed E-state index contributed by atoms with van der Waals surface area (Å²) < 4.78 is 6.14. The fourth-order valence-electron chi connectivity index (χ4n) is 12.8. The molecule has 7 nitrogen and oxygen atoms in total. The standard InChI is InChI=1S/C44H63NO6/c1-25(2)27-13-11-12-14-30(27)45-38(48)44-22-17-29-28(37(44)36(26(3)4)31(46)23-44)15-16-33-42(29,9)20-18-32-41(7,8)34(19-21-43(32,33)10)51-35(47)24-40(5,6)39(49)50/h11-14,25-26,28-29,32-34H,15-24H2,1-10H3,(H,45,48)(H,49,50)/t28?,29?,32?,33?,34-,42-,43-,44+/m0/s1. The van der Waals surface area contributed by atoms with Crippen molar-refractivity contribution in [2.75, 3.05) is 5.32 Å². The minimum Gasteiger partial charge on any atom is -0.481 e. The van der Waals surface area contributed by atoms with E-state index in [4.69, 9.17) is 4.74 Å². The van der Waals surface area contributed by atoms with Gasteiger partial charge < -0.3 is 15.2 Å². The molecule has 1 amide bonds. The maximum atomic E-state index is 14.7. The molecule has 7 heteroatoms. The number of esters is 1. The van der Waals surface area contributed by atoms with Gasteiger partial charge in [0.05, 0.1) is 17.3 Å². The number of anilines is 1. The van der Waals surface area contributed by atoms with Gasteiger partial charge in [-0.05, 0) is 134 Å². The van der Waals surface area contributed by atoms with Gasteiger partial charge in [-0.1, -0.05) is 73.6 Å². The molecule has 0 bridgehead atoms. The lowest BCUT2D eigenvalue weighted by molar-refractivity contribution is -0.213. The van der Waals surface area contributed by atoms with Gasteiger partial charge in [0.1, 0.15) is 6.10 Å². The molecule has 280 valence electrons. The molecular weight excluding hydrogens is 638 g/mol. The average molecular weight is 702 g/mol. The molecule has 6 rings (SSSR count). The van der Waals surface area contributed by atoms with Crippen LogP contribution in [0.25, 0.3) is 0 Å². The minimum absolute atomic E-state index is 0.00245. The third-order valence-electron chi connectivity index (χ3n) is 15.2. The lowest BCUT2D eigenvalue weighted by Crippen LogP contribution is -2.63. The molecule has 4 saturated carbocycles. The Morgan fingerprint density at radius 3 is 2.20 bits per heavy atom. The zero-order chi connectivity index (χ0) is 37.5. The summed E-state index contributed by atoms with van der Waals surface area (Å²) in [6.07, 6.45) is 7.48. The number of carboxylic acids is 1. The number of carbonyl (C=O) groups excluding carboxylic acids is 3. The zero-order valence-electron chi connectivity index (χ0n) is 32.9. The van der Waals surface area contributed by atoms with Gasteiger partial charge in [0.2, 0.25) is 5.91 Å². The number of rotatable bonds is 8. The molecule has 4 fully saturated rings. The van der Waals surface area contributed by atoms with E-state index in [-0.39, 0.29) is 64.6 Å². The Morgan fingerprint density at radius 2 is 1.55 bits per heavy atom. The number of hydrogen-bond acceptors (Lipinski definition) is 5. The summed E-state index contributed by atoms with van der Waals surface area (Å²) in [4.78, 5) is 53.4. The number of Topliss-reactive ketones (excluding diaryl/α,β-unsaturated/α-hetero) is 1. The van der Waals surface area contributed by atoms with Crippen LogP contribution in [-0.4, -0.2) is 34.8 Å². The highest BCUT2D eigenvalue weighted by atomic mass is 16.5. The molecule has 0 radical (unpaired) electrons. The number of para-hydroxylation sites is 1. The largest absolute Gasteiger partial charge is 0.481 e. The number of allylic oxidation sites excluding steroid dienone is 1. The van der Waals surface area contributed by atoms with E-state index < -0.39 is 22.8 Å². The molecule has 0 spiro atoms. The van der Waals surface area contributed by atoms with Crippen molar-refractivity contribution in [1.82, 2.24) is 0 Å². The van der Waals surface area contributed by atoms with E-state index >= 15 is 0 Å². The van der Waals surface area contributed by atoms with E-state index in [0.29, 0.717) is 24.2 Å². The van der Waals surface area contributed by atoms with E-state index in [0.717, 1.165) is 61.8 Å². The Bertz CT molecular complexity index is 1630. The van der Waals surface area contributed by atoms with Gasteiger partial charge in [0.25, 0.3) is 0 Å². The maximum absolute atomic E-state index is 14.7. The van der Waals surface area contributed by atoms with Crippen molar-refractivity contribution in [3.8, 4) is 0 Å². The fraction of sp³-hybridized carbons (Fsp3) is 0.727. The molecule has 5 aliphatic carbocycles. The van der Waals surface area contributed by atoms with E-state index in [1.54, 1.807) is 13.8 Å². The number of carboxylic acid groups (broad SMARTS) is 1. The number of ketones is 1. The number of benzene rings is 1. The molecule has 8 atom stereocenters. The summed E-state index contributed by atoms with van der Waals surface area (Å²) >= 11 is 0. The first-order valence-corrected chi connectivity index (χ1v) is 19.8. The van der Waals surface area contributed by atoms with Crippen molar-refractivity contribution in [2.24, 2.45) is 56.7 Å². The van der Waals surface area contributed by atoms with Gasteiger partial charge in [-0.2, -0.15) is 0 Å². The number of hydrogen-bond donors (Lipinski definition) is 2. The van der Waals surface area contributed by atoms with Crippen LogP contribution in [0.3, 0.4) is 0 Å². The Kier molecular flexibility index (Phi) is 9.53. The Labute approximate surface area is 306 Å². The summed E-state index contributed by atoms with van der Waals surface area (Å²) in [5.74, 6) is 0.571. The molecule has 1 aromatic carbocycles. The van der Waals surface area contributed by atoms with Crippen molar-refractivity contribution in [3.63, 3.8) is 0 Å². The summed E-state index contributed by atoms with van der Waals surface area (Å²) in [5, 5.41) is 13.0. The topological polar surface area (TPSA) is 110 Å². The maximum Gasteiger partial charge on any atom is 0.309 e. The number of aliphatic carboxylic acids is 1. The van der Waals surface area contributed by atoms with Crippen molar-refractivity contribution >= 4 is 29.3 Å². The van der Waals surface area contributed by atoms with Crippen LogP contribution in [0, 0.1) is 56.7 Å². The molecular formula is C44H63NO6. The van der Waals surface area contributed by atoms with Crippen LogP contribution in [0.15, 0.2) is 35.4 Å². The first-order chi connectivity index (χ1) is 23.7. The van der Waals surface area contributed by atoms with E-state index in [9.17, 15) is 24.3 Å². The molecule has 5 aliphatic rings. The summed E-state index contributed by atoms with van der Waals surface area (Å²) in [7, 11) is 0. The Balaban J connectivity index is 1.28. The second kappa shape index (κ2) is 12.9. The summed E-state index contributed by atoms with van der Waals surface area (Å²) in [6.45, 7) is 21.3. The van der Waals surface area contributed by atoms with Gasteiger partial charge in [0, 0.05) is 17.5 Å². The first kappa shape index (κ1) is 37.8. The van der Waals surface area contributed by atoms with Gasteiger partial charge in [0.15, 0.2) is 5.78 Å². The van der Waals surface area contributed by atoms with Crippen LogP contribution in [0.1, 0.15) is 145 Å². The molecule has 0 heterocycles. The lowest BCUT2D eigenvalue weighted by Gasteiger charge is -2.68. The Morgan fingerprint density at radius 1 is 0.882 bits per heavy atom. The number of nitrogens with one attached hydrogen (secondary N) is 1. The van der Waals surface area contributed by atoms with Crippen LogP contribution in [0.2, 0.25) is 0 Å². The van der Waals surface area contributed by atoms with Crippen LogP contribution in [0.5, 0.6) is 0 Å². The van der Waals surface area contributed by atoms with Gasteiger partial charge in [-0.15, -0.1) is 0 Å². The zero-order valence-corrected chi connectivity index (χ0v) is 32.9. The molecule has 1 aromatic rings. The van der Waals surface area contributed by atoms with E-state index in [1.807, 2.05) is 18.2 Å². The summed E-state index contributed by atoms with van der Waals surface area (Å²) in [6, 6.07) is 8.08. The van der Waals surface area contributed by atoms with Crippen LogP contribution in [-0.2, 0) is 23.9 Å². The van der Waals surface area contributed by atoms with Crippen LogP contribution < -0.4 is 5.32 Å². The predicted octanol–water partition coefficient (Wildman–Crippen LogP) is 9.75. The van der Waals surface area contributed by atoms with Crippen LogP contribution in [0.4, 0.5) is 5.69 Å². The molecule has 0 aliphatic heterocycles. The van der Waals surface area contributed by atoms with Crippen LogP contribution >= 0.6 is 0 Å². The van der Waals surface area contributed by atoms with Crippen molar-refractivity contribution in [3.05, 3.63) is 41.0 Å². The predicted molar refractivity (Wildman–Crippen MR) is 200 cm³/mol. The van der Waals surface area contributed by atoms with E-state index in [1.165, 1.54) is 5.57 Å². The number of fused-ring (bicyclic) bond motifs is 7. The molecule has 2 N–H and O–H groups in total. The molecule has 0 saturated heterocycles. The number of amides is 1. The van der Waals surface area contributed by atoms with Crippen molar-refractivity contribution in [1.29, 1.82) is 0 Å². The van der Waals surface area contributed by atoms with Gasteiger partial charge in [-0.3, -0.25) is 19.2 Å². The average Bonchev–Trinajstić information content (AvgIpc) is 3.35. The number of carbonyl (C=O) groups is 4. The lowest BCUT2D eigenvalue weighted by atomic mass is 9.36. The monoisotopic (exact) mass is 701 g/mol. The second-order valence-corrected chi connectivity index (χ2v) is 19.5. The highest BCUT2D eigenvalue weighted by Gasteiger charge is 2.67. The smallest absolute Gasteiger partial charge is 0.309 e. The fourth-order valence-corrected chi connectivity index (χ4v) is 12.8. The normalized spacial score (nSPS) is 35.8. The molecule has 51 heavy (non-hydrogen) atoms. The summed E-state index contributed by atoms with van der Waals surface area (Å²) in [5.41, 5.74) is 2.02. The number of ether oxygens (including phenoxy) is 1. The van der Waals surface area contributed by atoms with E-state index in [2.05, 4.69) is 66.8 Å².